The zero-order chi connectivity index (χ0) is 28.5. The Morgan fingerprint density at radius 3 is 1.78 bits per heavy atom. The highest BCUT2D eigenvalue weighted by molar-refractivity contribution is 5.93. The lowest BCUT2D eigenvalue weighted by Gasteiger charge is -2.49. The molecule has 5 aromatic carbocycles. The average molecular weight is 532 g/mol. The van der Waals surface area contributed by atoms with Crippen LogP contribution < -0.4 is 9.80 Å². The maximum Gasteiger partial charge on any atom is 0.0991 e. The standard InChI is InChI=1S/C38H33N3/c1-25-13-17-27(18-14-25)40(28-19-15-26(24-39)16-20-28)29-21-22-35-33(23-29)38(4,5)32-11-8-10-31-36(32)41(35)34-12-7-6-9-30(34)37(31,2)3/h6-23H,1-5H3. The predicted octanol–water partition coefficient (Wildman–Crippen LogP) is 10.1. The molecule has 0 amide bonds. The van der Waals surface area contributed by atoms with Gasteiger partial charge in [0.2, 0.25) is 0 Å². The molecule has 0 saturated heterocycles. The third-order valence-electron chi connectivity index (χ3n) is 9.12. The first kappa shape index (κ1) is 25.2. The average Bonchev–Trinajstić information content (AvgIpc) is 2.98. The summed E-state index contributed by atoms with van der Waals surface area (Å²) in [5.41, 5.74) is 13.9. The quantitative estimate of drug-likeness (QED) is 0.232. The third-order valence-corrected chi connectivity index (χ3v) is 9.12. The molecule has 41 heavy (non-hydrogen) atoms. The van der Waals surface area contributed by atoms with E-state index in [9.17, 15) is 5.26 Å². The van der Waals surface area contributed by atoms with Gasteiger partial charge in [0.25, 0.3) is 0 Å². The van der Waals surface area contributed by atoms with E-state index >= 15 is 0 Å². The van der Waals surface area contributed by atoms with Crippen molar-refractivity contribution in [1.29, 1.82) is 5.26 Å². The highest BCUT2D eigenvalue weighted by Crippen LogP contribution is 2.60. The molecule has 5 aromatic rings. The predicted molar refractivity (Wildman–Crippen MR) is 170 cm³/mol. The second-order valence-electron chi connectivity index (χ2n) is 12.3. The van der Waals surface area contributed by atoms with Crippen LogP contribution >= 0.6 is 0 Å². The lowest BCUT2D eigenvalue weighted by Crippen LogP contribution is -2.38. The molecule has 2 aliphatic heterocycles. The number of nitriles is 1. The highest BCUT2D eigenvalue weighted by atomic mass is 15.2. The summed E-state index contributed by atoms with van der Waals surface area (Å²) in [5, 5.41) is 9.41. The van der Waals surface area contributed by atoms with Crippen LogP contribution in [0.25, 0.3) is 0 Å². The highest BCUT2D eigenvalue weighted by Gasteiger charge is 2.45. The SMILES string of the molecule is Cc1ccc(N(c2ccc(C#N)cc2)c2ccc3c(c2)C(C)(C)c2cccc4c2N3c2ccccc2C4(C)C)cc1. The number of para-hydroxylation sites is 2. The van der Waals surface area contributed by atoms with Gasteiger partial charge in [-0.15, -0.1) is 0 Å². The lowest BCUT2D eigenvalue weighted by molar-refractivity contribution is 0.597. The van der Waals surface area contributed by atoms with Crippen LogP contribution in [0.3, 0.4) is 0 Å². The number of anilines is 6. The van der Waals surface area contributed by atoms with Crippen LogP contribution in [-0.2, 0) is 10.8 Å². The Morgan fingerprint density at radius 2 is 1.12 bits per heavy atom. The van der Waals surface area contributed by atoms with Crippen molar-refractivity contribution >= 4 is 34.1 Å². The van der Waals surface area contributed by atoms with Crippen molar-refractivity contribution in [2.75, 3.05) is 9.80 Å². The minimum atomic E-state index is -0.209. The minimum absolute atomic E-state index is 0.0935. The van der Waals surface area contributed by atoms with Crippen LogP contribution in [0.1, 0.15) is 61.1 Å². The summed E-state index contributed by atoms with van der Waals surface area (Å²) < 4.78 is 0. The van der Waals surface area contributed by atoms with Gasteiger partial charge in [-0.25, -0.2) is 0 Å². The molecule has 0 saturated carbocycles. The molecular weight excluding hydrogens is 498 g/mol. The second-order valence-corrected chi connectivity index (χ2v) is 12.3. The van der Waals surface area contributed by atoms with E-state index in [0.29, 0.717) is 5.56 Å². The Hall–Kier alpha value is -4.81. The summed E-state index contributed by atoms with van der Waals surface area (Å²) in [5.74, 6) is 0. The molecule has 0 bridgehead atoms. The molecular formula is C38H33N3. The van der Waals surface area contributed by atoms with E-state index < -0.39 is 0 Å². The van der Waals surface area contributed by atoms with E-state index in [0.717, 1.165) is 17.1 Å². The van der Waals surface area contributed by atoms with Crippen molar-refractivity contribution in [3.05, 3.63) is 143 Å². The van der Waals surface area contributed by atoms with Gasteiger partial charge in [-0.1, -0.05) is 81.8 Å². The molecule has 0 unspecified atom stereocenters. The maximum absolute atomic E-state index is 9.41. The Kier molecular flexibility index (Phi) is 5.43. The van der Waals surface area contributed by atoms with Crippen molar-refractivity contribution in [3.8, 4) is 6.07 Å². The monoisotopic (exact) mass is 531 g/mol. The van der Waals surface area contributed by atoms with Gasteiger partial charge in [0.1, 0.15) is 0 Å². The molecule has 0 radical (unpaired) electrons. The first-order valence-electron chi connectivity index (χ1n) is 14.3. The summed E-state index contributed by atoms with van der Waals surface area (Å²) in [7, 11) is 0. The number of aryl methyl sites for hydroxylation is 1. The normalized spacial score (nSPS) is 15.3. The molecule has 0 fully saturated rings. The fraction of sp³-hybridized carbons (Fsp3) is 0.184. The second kappa shape index (κ2) is 8.85. The summed E-state index contributed by atoms with van der Waals surface area (Å²) in [6.07, 6.45) is 0. The van der Waals surface area contributed by atoms with Crippen LogP contribution in [0, 0.1) is 18.3 Å². The van der Waals surface area contributed by atoms with E-state index in [1.807, 2.05) is 24.3 Å². The van der Waals surface area contributed by atoms with E-state index in [2.05, 4.69) is 135 Å². The number of nitrogens with zero attached hydrogens (tertiary/aromatic N) is 3. The molecule has 2 aliphatic rings. The molecule has 200 valence electrons. The van der Waals surface area contributed by atoms with E-state index in [4.69, 9.17) is 0 Å². The van der Waals surface area contributed by atoms with Gasteiger partial charge >= 0.3 is 0 Å². The number of fused-ring (bicyclic) bond motifs is 4. The largest absolute Gasteiger partial charge is 0.310 e. The van der Waals surface area contributed by atoms with Crippen LogP contribution in [-0.4, -0.2) is 0 Å². The van der Waals surface area contributed by atoms with Gasteiger partial charge in [0.05, 0.1) is 28.7 Å². The molecule has 0 spiro atoms. The van der Waals surface area contributed by atoms with Gasteiger partial charge in [-0.05, 0) is 89.8 Å². The van der Waals surface area contributed by atoms with Crippen LogP contribution in [0.5, 0.6) is 0 Å². The van der Waals surface area contributed by atoms with Gasteiger partial charge < -0.3 is 9.80 Å². The summed E-state index contributed by atoms with van der Waals surface area (Å²) >= 11 is 0. The van der Waals surface area contributed by atoms with Crippen LogP contribution in [0.15, 0.2) is 109 Å². The van der Waals surface area contributed by atoms with E-state index in [1.165, 1.54) is 44.9 Å². The van der Waals surface area contributed by atoms with Gasteiger partial charge in [0.15, 0.2) is 0 Å². The molecule has 0 N–H and O–H groups in total. The summed E-state index contributed by atoms with van der Waals surface area (Å²) in [4.78, 5) is 4.78. The zero-order valence-corrected chi connectivity index (χ0v) is 24.2. The maximum atomic E-state index is 9.41. The molecule has 0 aliphatic carbocycles. The molecule has 0 atom stereocenters. The molecule has 3 nitrogen and oxygen atoms in total. The first-order chi connectivity index (χ1) is 19.7. The number of hydrogen-bond acceptors (Lipinski definition) is 3. The fourth-order valence-corrected chi connectivity index (χ4v) is 6.84. The van der Waals surface area contributed by atoms with Crippen LogP contribution in [0.4, 0.5) is 34.1 Å². The first-order valence-corrected chi connectivity index (χ1v) is 14.3. The Balaban J connectivity index is 1.47. The third kappa shape index (κ3) is 3.64. The molecule has 0 aromatic heterocycles. The topological polar surface area (TPSA) is 30.3 Å². The fourth-order valence-electron chi connectivity index (χ4n) is 6.84. The molecule has 2 heterocycles. The molecule has 3 heteroatoms. The van der Waals surface area contributed by atoms with Gasteiger partial charge in [0, 0.05) is 27.9 Å². The van der Waals surface area contributed by atoms with Crippen LogP contribution in [0.2, 0.25) is 0 Å². The lowest BCUT2D eigenvalue weighted by atomic mass is 9.66. The number of benzene rings is 5. The minimum Gasteiger partial charge on any atom is -0.310 e. The zero-order valence-electron chi connectivity index (χ0n) is 24.2. The molecule has 7 rings (SSSR count). The van der Waals surface area contributed by atoms with Crippen molar-refractivity contribution < 1.29 is 0 Å². The van der Waals surface area contributed by atoms with Gasteiger partial charge in [-0.3, -0.25) is 0 Å². The number of hydrogen-bond donors (Lipinski definition) is 0. The van der Waals surface area contributed by atoms with E-state index in [1.54, 1.807) is 0 Å². The van der Waals surface area contributed by atoms with Crippen molar-refractivity contribution in [2.45, 2.75) is 45.4 Å². The Bertz CT molecular complexity index is 1850. The summed E-state index contributed by atoms with van der Waals surface area (Å²) in [6.45, 7) is 11.5. The van der Waals surface area contributed by atoms with Crippen molar-refractivity contribution in [1.82, 2.24) is 0 Å². The van der Waals surface area contributed by atoms with Crippen molar-refractivity contribution in [2.24, 2.45) is 0 Å². The number of rotatable bonds is 3. The smallest absolute Gasteiger partial charge is 0.0991 e. The van der Waals surface area contributed by atoms with Gasteiger partial charge in [-0.2, -0.15) is 5.26 Å². The Labute approximate surface area is 242 Å². The summed E-state index contributed by atoms with van der Waals surface area (Å²) in [6, 6.07) is 41.4. The van der Waals surface area contributed by atoms with E-state index in [-0.39, 0.29) is 10.8 Å². The van der Waals surface area contributed by atoms with Crippen molar-refractivity contribution in [3.63, 3.8) is 0 Å². The Morgan fingerprint density at radius 1 is 0.585 bits per heavy atom.